The molecule has 0 unspecified atom stereocenters. The van der Waals surface area contributed by atoms with E-state index in [4.69, 9.17) is 5.73 Å². The van der Waals surface area contributed by atoms with E-state index in [2.05, 4.69) is 22.3 Å². The summed E-state index contributed by atoms with van der Waals surface area (Å²) in [7, 11) is 0. The zero-order chi connectivity index (χ0) is 14.2. The molecule has 4 heteroatoms. The predicted molar refractivity (Wildman–Crippen MR) is 81.4 cm³/mol. The van der Waals surface area contributed by atoms with Crippen LogP contribution in [0.25, 0.3) is 0 Å². The molecule has 20 heavy (non-hydrogen) atoms. The average molecular weight is 275 g/mol. The molecule has 1 atom stereocenters. The Morgan fingerprint density at radius 1 is 1.35 bits per heavy atom. The first-order valence-electron chi connectivity index (χ1n) is 7.52. The molecule has 110 valence electrons. The molecule has 1 aliphatic heterocycles. The molecular formula is C16H25N3O. The Labute approximate surface area is 121 Å². The van der Waals surface area contributed by atoms with Gasteiger partial charge in [-0.25, -0.2) is 0 Å². The number of carbonyl (C=O) groups is 1. The maximum atomic E-state index is 11.8. The molecule has 1 aliphatic rings. The summed E-state index contributed by atoms with van der Waals surface area (Å²) >= 11 is 0. The second-order valence-corrected chi connectivity index (χ2v) is 5.58. The monoisotopic (exact) mass is 275 g/mol. The molecule has 0 bridgehead atoms. The molecular weight excluding hydrogens is 250 g/mol. The van der Waals surface area contributed by atoms with Gasteiger partial charge < -0.3 is 11.1 Å². The molecule has 1 aromatic carbocycles. The second-order valence-electron chi connectivity index (χ2n) is 5.58. The minimum atomic E-state index is 0.118. The van der Waals surface area contributed by atoms with Crippen molar-refractivity contribution in [2.24, 2.45) is 5.73 Å². The van der Waals surface area contributed by atoms with Crippen molar-refractivity contribution in [3.05, 3.63) is 35.9 Å². The van der Waals surface area contributed by atoms with E-state index >= 15 is 0 Å². The summed E-state index contributed by atoms with van der Waals surface area (Å²) in [5.74, 6) is 0.118. The van der Waals surface area contributed by atoms with Gasteiger partial charge in [0, 0.05) is 19.1 Å². The lowest BCUT2D eigenvalue weighted by Crippen LogP contribution is -2.47. The van der Waals surface area contributed by atoms with Crippen LogP contribution < -0.4 is 11.1 Å². The van der Waals surface area contributed by atoms with E-state index in [1.165, 1.54) is 5.56 Å². The molecule has 0 aromatic heterocycles. The summed E-state index contributed by atoms with van der Waals surface area (Å²) in [6.07, 6.45) is 4.17. The first kappa shape index (κ1) is 15.0. The van der Waals surface area contributed by atoms with Crippen LogP contribution in [-0.2, 0) is 11.2 Å². The van der Waals surface area contributed by atoms with Crippen molar-refractivity contribution >= 4 is 5.91 Å². The molecule has 0 radical (unpaired) electrons. The largest absolute Gasteiger partial charge is 0.355 e. The van der Waals surface area contributed by atoms with Gasteiger partial charge in [0.2, 0.25) is 5.91 Å². The van der Waals surface area contributed by atoms with E-state index in [1.807, 2.05) is 18.2 Å². The zero-order valence-corrected chi connectivity index (χ0v) is 12.1. The van der Waals surface area contributed by atoms with Crippen LogP contribution in [0.5, 0.6) is 0 Å². The zero-order valence-electron chi connectivity index (χ0n) is 12.1. The fraction of sp³-hybridized carbons (Fsp3) is 0.562. The number of piperidine rings is 1. The van der Waals surface area contributed by atoms with Crippen LogP contribution in [0.3, 0.4) is 0 Å². The van der Waals surface area contributed by atoms with Gasteiger partial charge in [-0.15, -0.1) is 0 Å². The lowest BCUT2D eigenvalue weighted by molar-refractivity contribution is -0.122. The van der Waals surface area contributed by atoms with Gasteiger partial charge in [-0.1, -0.05) is 30.3 Å². The molecule has 0 saturated carbocycles. The highest BCUT2D eigenvalue weighted by molar-refractivity contribution is 5.77. The number of nitrogens with one attached hydrogen (secondary N) is 1. The number of rotatable bonds is 6. The number of likely N-dealkylation sites (tertiary alicyclic amines) is 1. The van der Waals surface area contributed by atoms with E-state index in [1.54, 1.807) is 0 Å². The Balaban J connectivity index is 1.58. The number of carbonyl (C=O) groups excluding carboxylic acids is 1. The average Bonchev–Trinajstić information content (AvgIpc) is 2.45. The van der Waals surface area contributed by atoms with E-state index < -0.39 is 0 Å². The van der Waals surface area contributed by atoms with E-state index in [0.717, 1.165) is 45.3 Å². The van der Waals surface area contributed by atoms with Crippen molar-refractivity contribution in [2.75, 3.05) is 26.2 Å². The molecule has 1 amide bonds. The second kappa shape index (κ2) is 8.02. The fourth-order valence-electron chi connectivity index (χ4n) is 2.66. The SMILES string of the molecule is N[C@@H]1CCCN(CC(=O)NCCCc2ccccc2)C1. The van der Waals surface area contributed by atoms with Crippen molar-refractivity contribution < 1.29 is 4.79 Å². The van der Waals surface area contributed by atoms with Crippen LogP contribution in [-0.4, -0.2) is 43.0 Å². The molecule has 1 heterocycles. The van der Waals surface area contributed by atoms with Crippen molar-refractivity contribution in [3.8, 4) is 0 Å². The molecule has 1 fully saturated rings. The summed E-state index contributed by atoms with van der Waals surface area (Å²) in [6, 6.07) is 10.6. The van der Waals surface area contributed by atoms with Gasteiger partial charge >= 0.3 is 0 Å². The lowest BCUT2D eigenvalue weighted by Gasteiger charge is -2.29. The fourth-order valence-corrected chi connectivity index (χ4v) is 2.66. The minimum Gasteiger partial charge on any atom is -0.355 e. The Bertz CT molecular complexity index is 407. The maximum Gasteiger partial charge on any atom is 0.234 e. The highest BCUT2D eigenvalue weighted by Gasteiger charge is 2.18. The van der Waals surface area contributed by atoms with Crippen LogP contribution in [0.1, 0.15) is 24.8 Å². The minimum absolute atomic E-state index is 0.118. The number of nitrogens with zero attached hydrogens (tertiary/aromatic N) is 1. The van der Waals surface area contributed by atoms with Crippen molar-refractivity contribution in [3.63, 3.8) is 0 Å². The van der Waals surface area contributed by atoms with Gasteiger partial charge in [0.25, 0.3) is 0 Å². The summed E-state index contributed by atoms with van der Waals surface area (Å²) in [4.78, 5) is 14.0. The lowest BCUT2D eigenvalue weighted by atomic mass is 10.1. The number of amides is 1. The Morgan fingerprint density at radius 2 is 2.15 bits per heavy atom. The van der Waals surface area contributed by atoms with Crippen LogP contribution in [0.15, 0.2) is 30.3 Å². The predicted octanol–water partition coefficient (Wildman–Crippen LogP) is 1.16. The summed E-state index contributed by atoms with van der Waals surface area (Å²) < 4.78 is 0. The quantitative estimate of drug-likeness (QED) is 0.766. The molecule has 1 aromatic rings. The Hall–Kier alpha value is -1.39. The van der Waals surface area contributed by atoms with Crippen LogP contribution in [0, 0.1) is 0 Å². The number of aryl methyl sites for hydroxylation is 1. The summed E-state index contributed by atoms with van der Waals surface area (Å²) in [5, 5.41) is 2.99. The molecule has 0 aliphatic carbocycles. The summed E-state index contributed by atoms with van der Waals surface area (Å²) in [6.45, 7) is 3.06. The van der Waals surface area contributed by atoms with Crippen molar-refractivity contribution in [1.82, 2.24) is 10.2 Å². The van der Waals surface area contributed by atoms with Crippen molar-refractivity contribution in [1.29, 1.82) is 0 Å². The highest BCUT2D eigenvalue weighted by atomic mass is 16.2. The normalized spacial score (nSPS) is 19.8. The van der Waals surface area contributed by atoms with E-state index in [9.17, 15) is 4.79 Å². The third-order valence-corrected chi connectivity index (χ3v) is 3.72. The highest BCUT2D eigenvalue weighted by Crippen LogP contribution is 2.07. The molecule has 0 spiro atoms. The van der Waals surface area contributed by atoms with Gasteiger partial charge in [-0.3, -0.25) is 9.69 Å². The first-order valence-corrected chi connectivity index (χ1v) is 7.52. The number of benzene rings is 1. The van der Waals surface area contributed by atoms with Crippen LogP contribution >= 0.6 is 0 Å². The molecule has 3 N–H and O–H groups in total. The van der Waals surface area contributed by atoms with Crippen LogP contribution in [0.2, 0.25) is 0 Å². The molecule has 1 saturated heterocycles. The number of hydrogen-bond acceptors (Lipinski definition) is 3. The molecule has 2 rings (SSSR count). The van der Waals surface area contributed by atoms with Crippen molar-refractivity contribution in [2.45, 2.75) is 31.7 Å². The Kier molecular flexibility index (Phi) is 6.02. The third-order valence-electron chi connectivity index (χ3n) is 3.72. The smallest absolute Gasteiger partial charge is 0.234 e. The number of hydrogen-bond donors (Lipinski definition) is 2. The summed E-state index contributed by atoms with van der Waals surface area (Å²) in [5.41, 5.74) is 7.24. The molecule has 4 nitrogen and oxygen atoms in total. The van der Waals surface area contributed by atoms with E-state index in [-0.39, 0.29) is 11.9 Å². The topological polar surface area (TPSA) is 58.4 Å². The van der Waals surface area contributed by atoms with Gasteiger partial charge in [0.05, 0.1) is 6.54 Å². The van der Waals surface area contributed by atoms with E-state index in [0.29, 0.717) is 6.54 Å². The first-order chi connectivity index (χ1) is 9.74. The Morgan fingerprint density at radius 3 is 2.90 bits per heavy atom. The van der Waals surface area contributed by atoms with Gasteiger partial charge in [0.15, 0.2) is 0 Å². The maximum absolute atomic E-state index is 11.8. The van der Waals surface area contributed by atoms with Gasteiger partial charge in [0.1, 0.15) is 0 Å². The van der Waals surface area contributed by atoms with Gasteiger partial charge in [-0.05, 0) is 37.8 Å². The standard InChI is InChI=1S/C16H25N3O/c17-15-9-5-11-19(12-15)13-16(20)18-10-4-8-14-6-2-1-3-7-14/h1-3,6-7,15H,4-5,8-13,17H2,(H,18,20)/t15-/m1/s1. The van der Waals surface area contributed by atoms with Crippen LogP contribution in [0.4, 0.5) is 0 Å². The number of nitrogens with two attached hydrogens (primary N) is 1. The third kappa shape index (κ3) is 5.31. The van der Waals surface area contributed by atoms with Gasteiger partial charge in [-0.2, -0.15) is 0 Å².